The first-order valence-corrected chi connectivity index (χ1v) is 5.64. The number of nitrogens with zero attached hydrogens (tertiary/aromatic N) is 1. The Balaban J connectivity index is 2.16. The molecule has 3 atom stereocenters. The minimum atomic E-state index is -0.264. The van der Waals surface area contributed by atoms with Crippen LogP contribution in [-0.4, -0.2) is 37.7 Å². The largest absolute Gasteiger partial charge is 0.497 e. The van der Waals surface area contributed by atoms with Crippen molar-refractivity contribution in [3.8, 4) is 18.1 Å². The molecule has 4 heteroatoms. The molecule has 18 heavy (non-hydrogen) atoms. The number of rotatable bonds is 4. The van der Waals surface area contributed by atoms with Crippen molar-refractivity contribution < 1.29 is 14.3 Å². The average Bonchev–Trinajstić information content (AvgIpc) is 3.12. The molecule has 1 heterocycles. The summed E-state index contributed by atoms with van der Waals surface area (Å²) in [6, 6.07) is 7.37. The summed E-state index contributed by atoms with van der Waals surface area (Å²) in [6.45, 7) is 0.441. The van der Waals surface area contributed by atoms with Crippen LogP contribution in [-0.2, 0) is 9.53 Å². The molecule has 94 valence electrons. The average molecular weight is 245 g/mol. The van der Waals surface area contributed by atoms with E-state index in [9.17, 15) is 4.79 Å². The van der Waals surface area contributed by atoms with Crippen LogP contribution >= 0.6 is 0 Å². The molecule has 3 unspecified atom stereocenters. The first-order valence-electron chi connectivity index (χ1n) is 5.64. The smallest absolute Gasteiger partial charge is 0.325 e. The molecule has 1 saturated heterocycles. The van der Waals surface area contributed by atoms with E-state index in [0.29, 0.717) is 6.54 Å². The van der Waals surface area contributed by atoms with E-state index in [1.807, 2.05) is 29.2 Å². The van der Waals surface area contributed by atoms with Gasteiger partial charge in [0, 0.05) is 0 Å². The number of hydrogen-bond donors (Lipinski definition) is 0. The van der Waals surface area contributed by atoms with Crippen LogP contribution in [0, 0.1) is 12.3 Å². The van der Waals surface area contributed by atoms with Gasteiger partial charge in [-0.15, -0.1) is 6.42 Å². The number of methoxy groups -OCH3 is 2. The Hall–Kier alpha value is -1.99. The first-order chi connectivity index (χ1) is 8.72. The highest BCUT2D eigenvalue weighted by atomic mass is 16.5. The van der Waals surface area contributed by atoms with Crippen molar-refractivity contribution >= 4 is 5.97 Å². The number of terminal acetylenes is 1. The molecule has 1 fully saturated rings. The van der Waals surface area contributed by atoms with E-state index in [0.717, 1.165) is 11.3 Å². The zero-order valence-electron chi connectivity index (χ0n) is 10.4. The third-order valence-corrected chi connectivity index (χ3v) is 3.10. The van der Waals surface area contributed by atoms with Crippen LogP contribution in [0.15, 0.2) is 24.3 Å². The molecule has 1 aromatic carbocycles. The second-order valence-electron chi connectivity index (χ2n) is 4.06. The molecule has 0 aromatic heterocycles. The van der Waals surface area contributed by atoms with Gasteiger partial charge in [-0.05, 0) is 17.7 Å². The molecule has 0 bridgehead atoms. The number of hydrogen-bond acceptors (Lipinski definition) is 4. The summed E-state index contributed by atoms with van der Waals surface area (Å²) in [5.41, 5.74) is 1.04. The van der Waals surface area contributed by atoms with Gasteiger partial charge in [-0.1, -0.05) is 18.1 Å². The van der Waals surface area contributed by atoms with Crippen LogP contribution < -0.4 is 4.74 Å². The fourth-order valence-corrected chi connectivity index (χ4v) is 2.14. The lowest BCUT2D eigenvalue weighted by Crippen LogP contribution is -2.14. The lowest BCUT2D eigenvalue weighted by molar-refractivity contribution is -0.140. The standard InChI is InChI=1S/C14H15NO3/c1-4-9-15-12(13(15)14(16)18-3)10-5-7-11(17-2)8-6-10/h1,5-8,12-13H,9H2,2-3H3. The molecule has 0 aliphatic carbocycles. The fourth-order valence-electron chi connectivity index (χ4n) is 2.14. The van der Waals surface area contributed by atoms with E-state index in [1.54, 1.807) is 7.11 Å². The molecule has 0 radical (unpaired) electrons. The molecule has 1 aliphatic rings. The zero-order chi connectivity index (χ0) is 13.1. The maximum atomic E-state index is 11.6. The quantitative estimate of drug-likeness (QED) is 0.454. The maximum absolute atomic E-state index is 11.6. The van der Waals surface area contributed by atoms with Crippen LogP contribution in [0.1, 0.15) is 11.6 Å². The molecule has 4 nitrogen and oxygen atoms in total. The fraction of sp³-hybridized carbons (Fsp3) is 0.357. The summed E-state index contributed by atoms with van der Waals surface area (Å²) in [5.74, 6) is 3.10. The number of esters is 1. The van der Waals surface area contributed by atoms with E-state index in [1.165, 1.54) is 7.11 Å². The summed E-state index contributed by atoms with van der Waals surface area (Å²) < 4.78 is 9.88. The van der Waals surface area contributed by atoms with Crippen molar-refractivity contribution in [1.29, 1.82) is 0 Å². The predicted molar refractivity (Wildman–Crippen MR) is 67.1 cm³/mol. The van der Waals surface area contributed by atoms with Crippen molar-refractivity contribution in [1.82, 2.24) is 4.90 Å². The lowest BCUT2D eigenvalue weighted by atomic mass is 10.1. The van der Waals surface area contributed by atoms with Gasteiger partial charge in [0.2, 0.25) is 0 Å². The monoisotopic (exact) mass is 245 g/mol. The second kappa shape index (κ2) is 5.11. The topological polar surface area (TPSA) is 38.5 Å². The number of carbonyl (C=O) groups is 1. The Bertz CT molecular complexity index is 475. The lowest BCUT2D eigenvalue weighted by Gasteiger charge is -2.02. The van der Waals surface area contributed by atoms with Gasteiger partial charge in [0.1, 0.15) is 11.8 Å². The molecule has 1 aromatic rings. The van der Waals surface area contributed by atoms with Crippen molar-refractivity contribution in [2.45, 2.75) is 12.1 Å². The summed E-state index contributed by atoms with van der Waals surface area (Å²) in [7, 11) is 3.01. The second-order valence-corrected chi connectivity index (χ2v) is 4.06. The van der Waals surface area contributed by atoms with Crippen LogP contribution in [0.25, 0.3) is 0 Å². The number of carbonyl (C=O) groups excluding carboxylic acids is 1. The molecule has 0 N–H and O–H groups in total. The Morgan fingerprint density at radius 1 is 1.39 bits per heavy atom. The van der Waals surface area contributed by atoms with E-state index < -0.39 is 0 Å². The highest BCUT2D eigenvalue weighted by molar-refractivity contribution is 5.80. The van der Waals surface area contributed by atoms with Crippen LogP contribution in [0.3, 0.4) is 0 Å². The first kappa shape index (κ1) is 12.5. The van der Waals surface area contributed by atoms with Gasteiger partial charge in [-0.2, -0.15) is 0 Å². The third-order valence-electron chi connectivity index (χ3n) is 3.10. The molecule has 2 rings (SSSR count). The van der Waals surface area contributed by atoms with Gasteiger partial charge in [0.15, 0.2) is 0 Å². The van der Waals surface area contributed by atoms with E-state index in [4.69, 9.17) is 15.9 Å². The predicted octanol–water partition coefficient (Wildman–Crippen LogP) is 1.23. The third kappa shape index (κ3) is 2.18. The van der Waals surface area contributed by atoms with E-state index in [-0.39, 0.29) is 18.1 Å². The summed E-state index contributed by atoms with van der Waals surface area (Å²) in [6.07, 6.45) is 5.30. The summed E-state index contributed by atoms with van der Waals surface area (Å²) >= 11 is 0. The van der Waals surface area contributed by atoms with Gasteiger partial charge in [0.05, 0.1) is 26.8 Å². The maximum Gasteiger partial charge on any atom is 0.325 e. The van der Waals surface area contributed by atoms with Gasteiger partial charge in [0.25, 0.3) is 0 Å². The summed E-state index contributed by atoms with van der Waals surface area (Å²) in [5, 5.41) is 0. The van der Waals surface area contributed by atoms with Crippen molar-refractivity contribution in [3.63, 3.8) is 0 Å². The van der Waals surface area contributed by atoms with Crippen LogP contribution in [0.5, 0.6) is 5.75 Å². The molecule has 1 aliphatic heterocycles. The normalized spacial score (nSPS) is 25.1. The van der Waals surface area contributed by atoms with Gasteiger partial charge in [-0.25, -0.2) is 0 Å². The van der Waals surface area contributed by atoms with Crippen molar-refractivity contribution in [2.24, 2.45) is 0 Å². The van der Waals surface area contributed by atoms with E-state index >= 15 is 0 Å². The molecule has 0 spiro atoms. The SMILES string of the molecule is C#CCN1C(C(=O)OC)C1c1ccc(OC)cc1. The van der Waals surface area contributed by atoms with E-state index in [2.05, 4.69) is 5.92 Å². The highest BCUT2D eigenvalue weighted by Crippen LogP contribution is 2.43. The Kier molecular flexibility index (Phi) is 3.54. The van der Waals surface area contributed by atoms with Crippen LogP contribution in [0.4, 0.5) is 0 Å². The zero-order valence-corrected chi connectivity index (χ0v) is 10.4. The Morgan fingerprint density at radius 3 is 2.56 bits per heavy atom. The van der Waals surface area contributed by atoms with Gasteiger partial charge >= 0.3 is 5.97 Å². The molecular formula is C14H15NO3. The van der Waals surface area contributed by atoms with Gasteiger partial charge in [-0.3, -0.25) is 9.69 Å². The summed E-state index contributed by atoms with van der Waals surface area (Å²) in [4.78, 5) is 13.5. The van der Waals surface area contributed by atoms with Crippen molar-refractivity contribution in [2.75, 3.05) is 20.8 Å². The number of ether oxygens (including phenoxy) is 2. The Morgan fingerprint density at radius 2 is 2.06 bits per heavy atom. The minimum Gasteiger partial charge on any atom is -0.497 e. The molecular weight excluding hydrogens is 230 g/mol. The van der Waals surface area contributed by atoms with Crippen molar-refractivity contribution in [3.05, 3.63) is 29.8 Å². The molecule has 0 saturated carbocycles. The number of benzene rings is 1. The Labute approximate surface area is 106 Å². The van der Waals surface area contributed by atoms with Crippen LogP contribution in [0.2, 0.25) is 0 Å². The van der Waals surface area contributed by atoms with Gasteiger partial charge < -0.3 is 9.47 Å². The highest BCUT2D eigenvalue weighted by Gasteiger charge is 2.53. The molecule has 0 amide bonds. The minimum absolute atomic E-state index is 0.0133.